The molecule has 0 radical (unpaired) electrons. The molecule has 8 rings (SSSR count). The topological polar surface area (TPSA) is 31.0 Å². The first-order valence-electron chi connectivity index (χ1n) is 17.7. The molecule has 0 saturated heterocycles. The minimum atomic E-state index is -4.97. The molecular weight excluding hydrogens is 698 g/mol. The van der Waals surface area contributed by atoms with E-state index in [1.807, 2.05) is 60.7 Å². The Morgan fingerprint density at radius 1 is 0.556 bits per heavy atom. The summed E-state index contributed by atoms with van der Waals surface area (Å²) in [4.78, 5) is 5.18. The number of hydrogen-bond donors (Lipinski definition) is 0. The molecule has 3 nitrogen and oxygen atoms in total. The van der Waals surface area contributed by atoms with E-state index >= 15 is 0 Å². The summed E-state index contributed by atoms with van der Waals surface area (Å²) in [6.07, 6.45) is -9.93. The molecule has 8 aromatic rings. The number of benzene rings is 6. The van der Waals surface area contributed by atoms with Crippen LogP contribution in [0.3, 0.4) is 0 Å². The van der Waals surface area contributed by atoms with Crippen LogP contribution in [0.2, 0.25) is 0 Å². The van der Waals surface area contributed by atoms with Crippen molar-refractivity contribution in [2.45, 2.75) is 51.9 Å². The summed E-state index contributed by atoms with van der Waals surface area (Å²) in [5.41, 5.74) is 5.94. The van der Waals surface area contributed by atoms with E-state index in [1.165, 1.54) is 12.1 Å². The van der Waals surface area contributed by atoms with E-state index in [0.29, 0.717) is 27.9 Å². The Morgan fingerprint density at radius 3 is 1.80 bits per heavy atom. The van der Waals surface area contributed by atoms with E-state index in [2.05, 4.69) is 56.5 Å². The van der Waals surface area contributed by atoms with Crippen molar-refractivity contribution in [2.24, 2.45) is 0 Å². The van der Waals surface area contributed by atoms with Gasteiger partial charge in [0.05, 0.1) is 33.4 Å². The third kappa shape index (κ3) is 6.11. The molecule has 0 fully saturated rings. The minimum Gasteiger partial charge on any atom is -0.455 e. The Hall–Kier alpha value is -5.83. The van der Waals surface area contributed by atoms with Crippen LogP contribution in [-0.2, 0) is 12.4 Å². The molecule has 2 aromatic heterocycles. The summed E-state index contributed by atoms with van der Waals surface area (Å²) >= 11 is 0. The summed E-state index contributed by atoms with van der Waals surface area (Å²) in [6, 6.07) is 34.7. The second kappa shape index (κ2) is 12.9. The highest BCUT2D eigenvalue weighted by Crippen LogP contribution is 2.44. The Labute approximate surface area is 307 Å². The second-order valence-electron chi connectivity index (χ2n) is 14.2. The predicted octanol–water partition coefficient (Wildman–Crippen LogP) is 14.2. The van der Waals surface area contributed by atoms with Crippen molar-refractivity contribution in [2.75, 3.05) is 0 Å². The standard InChI is InChI=1S/C45H34F6N2O/c1-25(2)36-21-30(27-11-6-5-7-12-27)22-37(26(3)4)41(36)53-39-16-9-8-15-38(39)52-43(53)35-14-10-13-34-33-18-17-28(23-40(33)54-42(34)35)29-19-31(44(46,47)48)24-32(20-29)45(49,50)51/h5-26H,1-4H3. The van der Waals surface area contributed by atoms with Gasteiger partial charge in [-0.1, -0.05) is 88.4 Å². The van der Waals surface area contributed by atoms with Crippen molar-refractivity contribution in [1.82, 2.24) is 9.55 Å². The first-order valence-corrected chi connectivity index (χ1v) is 17.7. The lowest BCUT2D eigenvalue weighted by Gasteiger charge is -2.24. The molecular formula is C45H34F6N2O. The van der Waals surface area contributed by atoms with E-state index in [4.69, 9.17) is 9.40 Å². The Kier molecular flexibility index (Phi) is 8.43. The number of hydrogen-bond acceptors (Lipinski definition) is 2. The summed E-state index contributed by atoms with van der Waals surface area (Å²) < 4.78 is 91.1. The van der Waals surface area contributed by atoms with E-state index in [9.17, 15) is 26.3 Å². The zero-order chi connectivity index (χ0) is 38.1. The Bertz CT molecular complexity index is 2640. The average Bonchev–Trinajstić information content (AvgIpc) is 3.72. The van der Waals surface area contributed by atoms with Crippen LogP contribution in [-0.4, -0.2) is 9.55 Å². The van der Waals surface area contributed by atoms with E-state index in [-0.39, 0.29) is 29.0 Å². The number of halogens is 6. The Morgan fingerprint density at radius 2 is 1.17 bits per heavy atom. The third-order valence-corrected chi connectivity index (χ3v) is 9.97. The summed E-state index contributed by atoms with van der Waals surface area (Å²) in [7, 11) is 0. The monoisotopic (exact) mass is 732 g/mol. The molecule has 0 atom stereocenters. The summed E-state index contributed by atoms with van der Waals surface area (Å²) in [5.74, 6) is 0.929. The second-order valence-corrected chi connectivity index (χ2v) is 14.2. The minimum absolute atomic E-state index is 0.131. The molecule has 0 amide bonds. The number of aromatic nitrogens is 2. The van der Waals surface area contributed by atoms with Gasteiger partial charge in [-0.3, -0.25) is 4.57 Å². The fourth-order valence-corrected chi connectivity index (χ4v) is 7.32. The molecule has 54 heavy (non-hydrogen) atoms. The van der Waals surface area contributed by atoms with Crippen molar-refractivity contribution in [3.05, 3.63) is 144 Å². The van der Waals surface area contributed by atoms with Crippen molar-refractivity contribution in [1.29, 1.82) is 0 Å². The van der Waals surface area contributed by atoms with Crippen LogP contribution >= 0.6 is 0 Å². The molecule has 0 spiro atoms. The quantitative estimate of drug-likeness (QED) is 0.159. The number of imidazole rings is 1. The molecule has 0 aliphatic rings. The van der Waals surface area contributed by atoms with Gasteiger partial charge >= 0.3 is 12.4 Å². The zero-order valence-electron chi connectivity index (χ0n) is 29.8. The largest absolute Gasteiger partial charge is 0.455 e. The Balaban J connectivity index is 1.37. The lowest BCUT2D eigenvalue weighted by atomic mass is 9.88. The van der Waals surface area contributed by atoms with Gasteiger partial charge in [0.1, 0.15) is 17.0 Å². The molecule has 0 N–H and O–H groups in total. The number of rotatable bonds is 6. The SMILES string of the molecule is CC(C)c1cc(-c2ccccc2)cc(C(C)C)c1-n1c(-c2cccc3c2oc2cc(-c4cc(C(F)(F)F)cc(C(F)(F)F)c4)ccc23)nc2ccccc21. The van der Waals surface area contributed by atoms with Crippen LogP contribution in [0, 0.1) is 0 Å². The van der Waals surface area contributed by atoms with Crippen LogP contribution in [0.5, 0.6) is 0 Å². The molecule has 9 heteroatoms. The van der Waals surface area contributed by atoms with Crippen molar-refractivity contribution in [3.8, 4) is 39.3 Å². The number of alkyl halides is 6. The number of nitrogens with zero attached hydrogens (tertiary/aromatic N) is 2. The molecule has 0 aliphatic carbocycles. The van der Waals surface area contributed by atoms with Gasteiger partial charge in [0.15, 0.2) is 0 Å². The van der Waals surface area contributed by atoms with Crippen molar-refractivity contribution >= 4 is 33.0 Å². The highest BCUT2D eigenvalue weighted by molar-refractivity contribution is 6.10. The van der Waals surface area contributed by atoms with Crippen LogP contribution < -0.4 is 0 Å². The predicted molar refractivity (Wildman–Crippen MR) is 203 cm³/mol. The third-order valence-electron chi connectivity index (χ3n) is 9.97. The number of fused-ring (bicyclic) bond motifs is 4. The maximum Gasteiger partial charge on any atom is 0.416 e. The molecule has 2 heterocycles. The lowest BCUT2D eigenvalue weighted by molar-refractivity contribution is -0.143. The van der Waals surface area contributed by atoms with Crippen LogP contribution in [0.4, 0.5) is 26.3 Å². The molecule has 0 saturated carbocycles. The molecule has 272 valence electrons. The maximum atomic E-state index is 13.7. The van der Waals surface area contributed by atoms with Gasteiger partial charge in [0.2, 0.25) is 0 Å². The summed E-state index contributed by atoms with van der Waals surface area (Å²) in [5, 5.41) is 1.40. The zero-order valence-corrected chi connectivity index (χ0v) is 29.8. The maximum absolute atomic E-state index is 13.7. The highest BCUT2D eigenvalue weighted by Gasteiger charge is 2.37. The lowest BCUT2D eigenvalue weighted by Crippen LogP contribution is -2.11. The highest BCUT2D eigenvalue weighted by atomic mass is 19.4. The van der Waals surface area contributed by atoms with E-state index in [0.717, 1.165) is 56.5 Å². The van der Waals surface area contributed by atoms with Crippen molar-refractivity contribution in [3.63, 3.8) is 0 Å². The van der Waals surface area contributed by atoms with Gasteiger partial charge in [0, 0.05) is 10.8 Å². The molecule has 0 unspecified atom stereocenters. The number of para-hydroxylation sites is 3. The van der Waals surface area contributed by atoms with Gasteiger partial charge in [-0.2, -0.15) is 26.3 Å². The van der Waals surface area contributed by atoms with Gasteiger partial charge in [-0.05, 0) is 106 Å². The first kappa shape index (κ1) is 35.2. The van der Waals surface area contributed by atoms with Gasteiger partial charge in [-0.25, -0.2) is 4.98 Å². The van der Waals surface area contributed by atoms with E-state index in [1.54, 1.807) is 6.07 Å². The number of furan rings is 1. The van der Waals surface area contributed by atoms with Gasteiger partial charge in [-0.15, -0.1) is 0 Å². The fourth-order valence-electron chi connectivity index (χ4n) is 7.32. The molecule has 6 aromatic carbocycles. The average molecular weight is 733 g/mol. The normalized spacial score (nSPS) is 12.6. The molecule has 0 bridgehead atoms. The van der Waals surface area contributed by atoms with Gasteiger partial charge < -0.3 is 4.42 Å². The van der Waals surface area contributed by atoms with Gasteiger partial charge in [0.25, 0.3) is 0 Å². The fraction of sp³-hybridized carbons (Fsp3) is 0.178. The molecule has 0 aliphatic heterocycles. The van der Waals surface area contributed by atoms with Crippen LogP contribution in [0.15, 0.2) is 126 Å². The van der Waals surface area contributed by atoms with Crippen LogP contribution in [0.1, 0.15) is 61.8 Å². The summed E-state index contributed by atoms with van der Waals surface area (Å²) in [6.45, 7) is 8.71. The first-order chi connectivity index (χ1) is 25.7. The smallest absolute Gasteiger partial charge is 0.416 e. The van der Waals surface area contributed by atoms with E-state index < -0.39 is 23.5 Å². The van der Waals surface area contributed by atoms with Crippen molar-refractivity contribution < 1.29 is 30.8 Å². The van der Waals surface area contributed by atoms with Crippen LogP contribution in [0.25, 0.3) is 72.3 Å².